The number of hydrogen-bond donors (Lipinski definition) is 2. The molecule has 1 fully saturated rings. The molecule has 2 heterocycles. The molecule has 1 saturated heterocycles. The molecule has 0 bridgehead atoms. The number of aromatic nitrogens is 1. The first kappa shape index (κ1) is 15.7. The molecular formula is C17H19N3O2S. The lowest BCUT2D eigenvalue weighted by Crippen LogP contribution is -2.40. The Balaban J connectivity index is 1.64. The summed E-state index contributed by atoms with van der Waals surface area (Å²) in [7, 11) is 0. The Morgan fingerprint density at radius 1 is 1.39 bits per heavy atom. The van der Waals surface area contributed by atoms with E-state index >= 15 is 0 Å². The molecular weight excluding hydrogens is 310 g/mol. The predicted molar refractivity (Wildman–Crippen MR) is 91.3 cm³/mol. The lowest BCUT2D eigenvalue weighted by atomic mass is 9.98. The summed E-state index contributed by atoms with van der Waals surface area (Å²) in [5.74, 6) is -0.239. The third kappa shape index (κ3) is 3.76. The number of amides is 2. The molecule has 0 aliphatic carbocycles. The van der Waals surface area contributed by atoms with E-state index in [4.69, 9.17) is 0 Å². The number of nitrogens with one attached hydrogen (secondary N) is 2. The largest absolute Gasteiger partial charge is 0.355 e. The quantitative estimate of drug-likeness (QED) is 0.906. The average molecular weight is 329 g/mol. The van der Waals surface area contributed by atoms with Gasteiger partial charge in [0.15, 0.2) is 5.13 Å². The van der Waals surface area contributed by atoms with E-state index in [9.17, 15) is 9.59 Å². The highest BCUT2D eigenvalue weighted by atomic mass is 32.1. The summed E-state index contributed by atoms with van der Waals surface area (Å²) in [6.07, 6.45) is 2.01. The summed E-state index contributed by atoms with van der Waals surface area (Å²) in [4.78, 5) is 27.8. The molecule has 2 N–H and O–H groups in total. The summed E-state index contributed by atoms with van der Waals surface area (Å²) in [5.41, 5.74) is 3.20. The van der Waals surface area contributed by atoms with E-state index < -0.39 is 0 Å². The fourth-order valence-corrected chi connectivity index (χ4v) is 3.26. The number of benzene rings is 1. The molecule has 1 aromatic carbocycles. The van der Waals surface area contributed by atoms with Crippen molar-refractivity contribution in [2.24, 2.45) is 5.92 Å². The SMILES string of the molecule is CCc1ccc(-c2csc(NC(=O)C3CCC(=O)NC3)n2)cc1. The van der Waals surface area contributed by atoms with Gasteiger partial charge in [0.2, 0.25) is 11.8 Å². The van der Waals surface area contributed by atoms with Gasteiger partial charge >= 0.3 is 0 Å². The maximum Gasteiger partial charge on any atom is 0.231 e. The molecule has 120 valence electrons. The van der Waals surface area contributed by atoms with Crippen molar-refractivity contribution in [1.82, 2.24) is 10.3 Å². The first-order chi connectivity index (χ1) is 11.2. The molecule has 0 saturated carbocycles. The predicted octanol–water partition coefficient (Wildman–Crippen LogP) is 2.84. The molecule has 23 heavy (non-hydrogen) atoms. The molecule has 6 heteroatoms. The smallest absolute Gasteiger partial charge is 0.231 e. The fourth-order valence-electron chi connectivity index (χ4n) is 2.54. The molecule has 1 aromatic heterocycles. The number of aryl methyl sites for hydroxylation is 1. The van der Waals surface area contributed by atoms with Gasteiger partial charge in [-0.2, -0.15) is 0 Å². The zero-order valence-electron chi connectivity index (χ0n) is 13.0. The first-order valence-corrected chi connectivity index (χ1v) is 8.66. The van der Waals surface area contributed by atoms with Crippen LogP contribution in [0.2, 0.25) is 0 Å². The Kier molecular flexibility index (Phi) is 4.71. The number of hydrogen-bond acceptors (Lipinski definition) is 4. The van der Waals surface area contributed by atoms with Crippen molar-refractivity contribution in [3.05, 3.63) is 35.2 Å². The van der Waals surface area contributed by atoms with Crippen LogP contribution in [0.3, 0.4) is 0 Å². The minimum Gasteiger partial charge on any atom is -0.355 e. The van der Waals surface area contributed by atoms with Crippen LogP contribution in [0.5, 0.6) is 0 Å². The Morgan fingerprint density at radius 3 is 2.83 bits per heavy atom. The summed E-state index contributed by atoms with van der Waals surface area (Å²) < 4.78 is 0. The minimum absolute atomic E-state index is 0.0149. The number of carbonyl (C=O) groups is 2. The van der Waals surface area contributed by atoms with Crippen LogP contribution in [0, 0.1) is 5.92 Å². The van der Waals surface area contributed by atoms with E-state index in [1.165, 1.54) is 16.9 Å². The van der Waals surface area contributed by atoms with E-state index in [1.54, 1.807) is 0 Å². The van der Waals surface area contributed by atoms with Gasteiger partial charge in [-0.15, -0.1) is 11.3 Å². The van der Waals surface area contributed by atoms with E-state index in [0.717, 1.165) is 17.7 Å². The van der Waals surface area contributed by atoms with E-state index in [1.807, 2.05) is 5.38 Å². The Hall–Kier alpha value is -2.21. The van der Waals surface area contributed by atoms with Gasteiger partial charge in [-0.1, -0.05) is 31.2 Å². The van der Waals surface area contributed by atoms with Gasteiger partial charge in [0, 0.05) is 23.9 Å². The van der Waals surface area contributed by atoms with E-state index in [0.29, 0.717) is 24.5 Å². The van der Waals surface area contributed by atoms with Gasteiger partial charge in [0.25, 0.3) is 0 Å². The highest BCUT2D eigenvalue weighted by Gasteiger charge is 2.25. The summed E-state index contributed by atoms with van der Waals surface area (Å²) in [6.45, 7) is 2.53. The molecule has 2 amide bonds. The third-order valence-corrected chi connectivity index (χ3v) is 4.79. The third-order valence-electron chi connectivity index (χ3n) is 4.03. The Bertz CT molecular complexity index is 699. The molecule has 1 aliphatic heterocycles. The molecule has 0 radical (unpaired) electrons. The van der Waals surface area contributed by atoms with E-state index in [2.05, 4.69) is 46.8 Å². The van der Waals surface area contributed by atoms with Crippen molar-refractivity contribution in [1.29, 1.82) is 0 Å². The maximum absolute atomic E-state index is 12.2. The van der Waals surface area contributed by atoms with Crippen LogP contribution in [-0.4, -0.2) is 23.3 Å². The number of anilines is 1. The second-order valence-electron chi connectivity index (χ2n) is 5.62. The zero-order chi connectivity index (χ0) is 16.2. The van der Waals surface area contributed by atoms with Crippen LogP contribution < -0.4 is 10.6 Å². The number of carbonyl (C=O) groups excluding carboxylic acids is 2. The lowest BCUT2D eigenvalue weighted by Gasteiger charge is -2.20. The summed E-state index contributed by atoms with van der Waals surface area (Å²) in [6, 6.07) is 8.29. The van der Waals surface area contributed by atoms with Gasteiger partial charge in [-0.3, -0.25) is 9.59 Å². The zero-order valence-corrected chi connectivity index (χ0v) is 13.8. The first-order valence-electron chi connectivity index (χ1n) is 7.78. The van der Waals surface area contributed by atoms with Crippen LogP contribution in [0.15, 0.2) is 29.6 Å². The highest BCUT2D eigenvalue weighted by molar-refractivity contribution is 7.14. The highest BCUT2D eigenvalue weighted by Crippen LogP contribution is 2.26. The number of nitrogens with zero attached hydrogens (tertiary/aromatic N) is 1. The average Bonchev–Trinajstić information content (AvgIpc) is 3.04. The second kappa shape index (κ2) is 6.91. The van der Waals surface area contributed by atoms with E-state index in [-0.39, 0.29) is 17.7 Å². The Labute approximate surface area is 139 Å². The van der Waals surface area contributed by atoms with Gasteiger partial charge in [0.1, 0.15) is 0 Å². The molecule has 5 nitrogen and oxygen atoms in total. The van der Waals surface area contributed by atoms with Crippen LogP contribution in [0.1, 0.15) is 25.3 Å². The number of rotatable bonds is 4. The van der Waals surface area contributed by atoms with Gasteiger partial charge in [0.05, 0.1) is 11.6 Å². The number of thiazole rings is 1. The van der Waals surface area contributed by atoms with Gasteiger partial charge in [-0.25, -0.2) is 4.98 Å². The molecule has 0 spiro atoms. The molecule has 3 rings (SSSR count). The maximum atomic E-state index is 12.2. The fraction of sp³-hybridized carbons (Fsp3) is 0.353. The lowest BCUT2D eigenvalue weighted by molar-refractivity contribution is -0.126. The topological polar surface area (TPSA) is 71.1 Å². The normalized spacial score (nSPS) is 17.6. The van der Waals surface area contributed by atoms with Crippen molar-refractivity contribution in [3.63, 3.8) is 0 Å². The van der Waals surface area contributed by atoms with Crippen molar-refractivity contribution in [3.8, 4) is 11.3 Å². The summed E-state index contributed by atoms with van der Waals surface area (Å²) in [5, 5.41) is 8.12. The van der Waals surface area contributed by atoms with Crippen molar-refractivity contribution >= 4 is 28.3 Å². The van der Waals surface area contributed by atoms with Crippen LogP contribution in [0.4, 0.5) is 5.13 Å². The van der Waals surface area contributed by atoms with Crippen molar-refractivity contribution < 1.29 is 9.59 Å². The summed E-state index contributed by atoms with van der Waals surface area (Å²) >= 11 is 1.42. The van der Waals surface area contributed by atoms with Crippen molar-refractivity contribution in [2.75, 3.05) is 11.9 Å². The monoisotopic (exact) mass is 329 g/mol. The Morgan fingerprint density at radius 2 is 2.17 bits per heavy atom. The molecule has 1 unspecified atom stereocenters. The van der Waals surface area contributed by atoms with Crippen molar-refractivity contribution in [2.45, 2.75) is 26.2 Å². The molecule has 2 aromatic rings. The molecule has 1 atom stereocenters. The minimum atomic E-state index is -0.177. The standard InChI is InChI=1S/C17H19N3O2S/c1-2-11-3-5-12(6-4-11)14-10-23-17(19-14)20-16(22)13-7-8-15(21)18-9-13/h3-6,10,13H,2,7-9H2,1H3,(H,18,21)(H,19,20,22). The van der Waals surface area contributed by atoms with Crippen LogP contribution in [-0.2, 0) is 16.0 Å². The van der Waals surface area contributed by atoms with Gasteiger partial charge in [-0.05, 0) is 18.4 Å². The second-order valence-corrected chi connectivity index (χ2v) is 6.48. The van der Waals surface area contributed by atoms with Gasteiger partial charge < -0.3 is 10.6 Å². The van der Waals surface area contributed by atoms with Crippen LogP contribution in [0.25, 0.3) is 11.3 Å². The number of piperidine rings is 1. The molecule has 1 aliphatic rings. The van der Waals surface area contributed by atoms with Crippen LogP contribution >= 0.6 is 11.3 Å².